The first kappa shape index (κ1) is 14.8. The van der Waals surface area contributed by atoms with E-state index in [9.17, 15) is 4.79 Å². The van der Waals surface area contributed by atoms with Crippen molar-refractivity contribution in [1.82, 2.24) is 14.8 Å². The van der Waals surface area contributed by atoms with Crippen molar-refractivity contribution in [2.75, 3.05) is 39.4 Å². The van der Waals surface area contributed by atoms with E-state index in [2.05, 4.69) is 10.2 Å². The van der Waals surface area contributed by atoms with E-state index in [0.29, 0.717) is 12.1 Å². The summed E-state index contributed by atoms with van der Waals surface area (Å²) in [5.74, 6) is -0.0210. The highest BCUT2D eigenvalue weighted by atomic mass is 16.5. The van der Waals surface area contributed by atoms with Gasteiger partial charge in [-0.3, -0.25) is 9.69 Å². The first-order valence-electron chi connectivity index (χ1n) is 7.65. The summed E-state index contributed by atoms with van der Waals surface area (Å²) in [4.78, 5) is 14.4. The molecule has 0 aliphatic carbocycles. The number of ether oxygens (including phenoxy) is 1. The van der Waals surface area contributed by atoms with Crippen LogP contribution in [0.3, 0.4) is 0 Å². The van der Waals surface area contributed by atoms with Crippen molar-refractivity contribution < 1.29 is 9.53 Å². The van der Waals surface area contributed by atoms with Gasteiger partial charge in [0, 0.05) is 49.8 Å². The SMILES string of the molecule is O=C(NCCN1CCOCC1)c1ccc(-n2cccc2)cc1. The Kier molecular flexibility index (Phi) is 4.88. The first-order valence-corrected chi connectivity index (χ1v) is 7.65. The summed E-state index contributed by atoms with van der Waals surface area (Å²) in [7, 11) is 0. The van der Waals surface area contributed by atoms with Gasteiger partial charge in [0.1, 0.15) is 0 Å². The van der Waals surface area contributed by atoms with Crippen LogP contribution < -0.4 is 5.32 Å². The molecular weight excluding hydrogens is 278 g/mol. The Morgan fingerprint density at radius 1 is 1.09 bits per heavy atom. The average Bonchev–Trinajstić information content (AvgIpc) is 3.10. The smallest absolute Gasteiger partial charge is 0.251 e. The Bertz CT molecular complexity index is 587. The van der Waals surface area contributed by atoms with Gasteiger partial charge < -0.3 is 14.6 Å². The first-order chi connectivity index (χ1) is 10.8. The second-order valence-electron chi connectivity index (χ2n) is 5.35. The molecule has 1 aliphatic rings. The quantitative estimate of drug-likeness (QED) is 0.911. The second-order valence-corrected chi connectivity index (χ2v) is 5.35. The van der Waals surface area contributed by atoms with E-state index < -0.39 is 0 Å². The van der Waals surface area contributed by atoms with Crippen molar-refractivity contribution in [3.8, 4) is 5.69 Å². The lowest BCUT2D eigenvalue weighted by Crippen LogP contribution is -2.41. The van der Waals surface area contributed by atoms with Gasteiger partial charge in [0.25, 0.3) is 5.91 Å². The summed E-state index contributed by atoms with van der Waals surface area (Å²) >= 11 is 0. The minimum Gasteiger partial charge on any atom is -0.379 e. The fourth-order valence-electron chi connectivity index (χ4n) is 2.55. The monoisotopic (exact) mass is 299 g/mol. The Morgan fingerprint density at radius 2 is 1.77 bits per heavy atom. The normalized spacial score (nSPS) is 15.6. The number of benzene rings is 1. The third-order valence-electron chi connectivity index (χ3n) is 3.85. The Labute approximate surface area is 130 Å². The highest BCUT2D eigenvalue weighted by Gasteiger charge is 2.10. The molecule has 22 heavy (non-hydrogen) atoms. The molecule has 116 valence electrons. The molecule has 1 N–H and O–H groups in total. The van der Waals surface area contributed by atoms with Crippen LogP contribution in [-0.4, -0.2) is 54.8 Å². The molecule has 5 heteroatoms. The Balaban J connectivity index is 1.49. The topological polar surface area (TPSA) is 46.5 Å². The van der Waals surface area contributed by atoms with Crippen LogP contribution >= 0.6 is 0 Å². The van der Waals surface area contributed by atoms with E-state index in [1.54, 1.807) is 0 Å². The van der Waals surface area contributed by atoms with E-state index in [0.717, 1.165) is 38.5 Å². The summed E-state index contributed by atoms with van der Waals surface area (Å²) in [5, 5.41) is 2.97. The predicted octanol–water partition coefficient (Wildman–Crippen LogP) is 1.54. The van der Waals surface area contributed by atoms with Crippen LogP contribution in [0.1, 0.15) is 10.4 Å². The molecule has 0 unspecified atom stereocenters. The van der Waals surface area contributed by atoms with Crippen molar-refractivity contribution in [1.29, 1.82) is 0 Å². The zero-order chi connectivity index (χ0) is 15.2. The lowest BCUT2D eigenvalue weighted by Gasteiger charge is -2.26. The number of rotatable bonds is 5. The summed E-state index contributed by atoms with van der Waals surface area (Å²) in [5.41, 5.74) is 1.74. The predicted molar refractivity (Wildman–Crippen MR) is 85.4 cm³/mol. The molecule has 1 aromatic heterocycles. The summed E-state index contributed by atoms with van der Waals surface area (Å²) in [6.07, 6.45) is 3.97. The van der Waals surface area contributed by atoms with Gasteiger partial charge in [-0.15, -0.1) is 0 Å². The molecule has 0 atom stereocenters. The molecule has 0 spiro atoms. The van der Waals surface area contributed by atoms with Crippen LogP contribution in [-0.2, 0) is 4.74 Å². The van der Waals surface area contributed by atoms with Crippen molar-refractivity contribution in [2.45, 2.75) is 0 Å². The second kappa shape index (κ2) is 7.24. The van der Waals surface area contributed by atoms with Crippen molar-refractivity contribution in [2.24, 2.45) is 0 Å². The van der Waals surface area contributed by atoms with E-state index in [-0.39, 0.29) is 5.91 Å². The molecular formula is C17H21N3O2. The van der Waals surface area contributed by atoms with E-state index >= 15 is 0 Å². The van der Waals surface area contributed by atoms with E-state index in [1.165, 1.54) is 0 Å². The fourth-order valence-corrected chi connectivity index (χ4v) is 2.55. The Morgan fingerprint density at radius 3 is 2.45 bits per heavy atom. The molecule has 0 radical (unpaired) electrons. The van der Waals surface area contributed by atoms with Gasteiger partial charge >= 0.3 is 0 Å². The fraction of sp³-hybridized carbons (Fsp3) is 0.353. The highest BCUT2D eigenvalue weighted by Crippen LogP contribution is 2.10. The molecule has 2 heterocycles. The molecule has 0 bridgehead atoms. The highest BCUT2D eigenvalue weighted by molar-refractivity contribution is 5.94. The average molecular weight is 299 g/mol. The Hall–Kier alpha value is -2.11. The number of carbonyl (C=O) groups excluding carboxylic acids is 1. The number of nitrogens with one attached hydrogen (secondary N) is 1. The van der Waals surface area contributed by atoms with Crippen LogP contribution in [0.5, 0.6) is 0 Å². The number of hydrogen-bond acceptors (Lipinski definition) is 3. The lowest BCUT2D eigenvalue weighted by molar-refractivity contribution is 0.0383. The van der Waals surface area contributed by atoms with Gasteiger partial charge in [0.15, 0.2) is 0 Å². The molecule has 1 aromatic carbocycles. The molecule has 3 rings (SSSR count). The number of amides is 1. The van der Waals surface area contributed by atoms with Gasteiger partial charge in [-0.1, -0.05) is 0 Å². The summed E-state index contributed by atoms with van der Waals surface area (Å²) < 4.78 is 7.32. The van der Waals surface area contributed by atoms with Gasteiger partial charge in [-0.25, -0.2) is 0 Å². The van der Waals surface area contributed by atoms with Gasteiger partial charge in [0.05, 0.1) is 13.2 Å². The van der Waals surface area contributed by atoms with Crippen molar-refractivity contribution >= 4 is 5.91 Å². The molecule has 1 fully saturated rings. The maximum absolute atomic E-state index is 12.1. The largest absolute Gasteiger partial charge is 0.379 e. The molecule has 1 amide bonds. The van der Waals surface area contributed by atoms with Crippen LogP contribution in [0.25, 0.3) is 5.69 Å². The van der Waals surface area contributed by atoms with Crippen LogP contribution in [0.4, 0.5) is 0 Å². The maximum atomic E-state index is 12.1. The zero-order valence-electron chi connectivity index (χ0n) is 12.6. The molecule has 1 aliphatic heterocycles. The number of nitrogens with zero attached hydrogens (tertiary/aromatic N) is 2. The molecule has 0 saturated carbocycles. The van der Waals surface area contributed by atoms with Crippen molar-refractivity contribution in [3.63, 3.8) is 0 Å². The number of hydrogen-bond donors (Lipinski definition) is 1. The van der Waals surface area contributed by atoms with Crippen LogP contribution in [0.2, 0.25) is 0 Å². The minimum atomic E-state index is -0.0210. The number of aromatic nitrogens is 1. The summed E-state index contributed by atoms with van der Waals surface area (Å²) in [6, 6.07) is 11.6. The van der Waals surface area contributed by atoms with Gasteiger partial charge in [0.2, 0.25) is 0 Å². The minimum absolute atomic E-state index is 0.0210. The van der Waals surface area contributed by atoms with Gasteiger partial charge in [-0.2, -0.15) is 0 Å². The number of morpholine rings is 1. The molecule has 1 saturated heterocycles. The molecule has 2 aromatic rings. The van der Waals surface area contributed by atoms with Crippen LogP contribution in [0, 0.1) is 0 Å². The third-order valence-corrected chi connectivity index (χ3v) is 3.85. The van der Waals surface area contributed by atoms with Crippen LogP contribution in [0.15, 0.2) is 48.8 Å². The van der Waals surface area contributed by atoms with Gasteiger partial charge in [-0.05, 0) is 36.4 Å². The number of carbonyl (C=O) groups is 1. The zero-order valence-corrected chi connectivity index (χ0v) is 12.6. The standard InChI is InChI=1S/C17H21N3O2/c21-17(18-7-10-19-11-13-22-14-12-19)15-3-5-16(6-4-15)20-8-1-2-9-20/h1-6,8-9H,7,10-14H2,(H,18,21). The lowest BCUT2D eigenvalue weighted by atomic mass is 10.2. The van der Waals surface area contributed by atoms with E-state index in [1.807, 2.05) is 53.4 Å². The van der Waals surface area contributed by atoms with Crippen molar-refractivity contribution in [3.05, 3.63) is 54.4 Å². The third kappa shape index (κ3) is 3.75. The molecule has 5 nitrogen and oxygen atoms in total. The maximum Gasteiger partial charge on any atom is 0.251 e. The summed E-state index contributed by atoms with van der Waals surface area (Å²) in [6.45, 7) is 5.00. The van der Waals surface area contributed by atoms with E-state index in [4.69, 9.17) is 4.74 Å².